The summed E-state index contributed by atoms with van der Waals surface area (Å²) in [6, 6.07) is 16.0. The van der Waals surface area contributed by atoms with Crippen molar-refractivity contribution in [3.05, 3.63) is 59.7 Å². The van der Waals surface area contributed by atoms with Crippen LogP contribution in [0.15, 0.2) is 52.9 Å². The summed E-state index contributed by atoms with van der Waals surface area (Å²) in [6.07, 6.45) is 0. The number of nitrogens with zero attached hydrogens (tertiary/aromatic N) is 3. The van der Waals surface area contributed by atoms with Crippen LogP contribution in [0.2, 0.25) is 0 Å². The number of hydrogen-bond acceptors (Lipinski definition) is 5. The number of carbonyl (C=O) groups excluding carboxylic acids is 1. The van der Waals surface area contributed by atoms with Crippen LogP contribution in [0.3, 0.4) is 0 Å². The van der Waals surface area contributed by atoms with Gasteiger partial charge in [0, 0.05) is 41.9 Å². The summed E-state index contributed by atoms with van der Waals surface area (Å²) in [4.78, 5) is 14.8. The van der Waals surface area contributed by atoms with E-state index in [1.54, 1.807) is 12.1 Å². The molecule has 0 aliphatic rings. The number of benzene rings is 2. The molecule has 6 heteroatoms. The smallest absolute Gasteiger partial charge is 0.251 e. The second-order valence-corrected chi connectivity index (χ2v) is 7.99. The molecular formula is C24H30N4O2. The van der Waals surface area contributed by atoms with Crippen molar-refractivity contribution >= 4 is 5.91 Å². The highest BCUT2D eigenvalue weighted by atomic mass is 16.4. The van der Waals surface area contributed by atoms with Gasteiger partial charge in [0.25, 0.3) is 5.91 Å². The number of rotatable bonds is 8. The van der Waals surface area contributed by atoms with E-state index >= 15 is 0 Å². The topological polar surface area (TPSA) is 71.3 Å². The van der Waals surface area contributed by atoms with Gasteiger partial charge in [0.2, 0.25) is 11.8 Å². The molecular weight excluding hydrogens is 376 g/mol. The van der Waals surface area contributed by atoms with Gasteiger partial charge in [-0.2, -0.15) is 0 Å². The maximum absolute atomic E-state index is 12.5. The Morgan fingerprint density at radius 2 is 1.60 bits per heavy atom. The van der Waals surface area contributed by atoms with Crippen LogP contribution in [0.5, 0.6) is 0 Å². The molecule has 0 fully saturated rings. The molecule has 30 heavy (non-hydrogen) atoms. The lowest BCUT2D eigenvalue weighted by Crippen LogP contribution is -2.42. The predicted molar refractivity (Wildman–Crippen MR) is 119 cm³/mol. The van der Waals surface area contributed by atoms with Gasteiger partial charge in [-0.1, -0.05) is 18.2 Å². The first-order valence-corrected chi connectivity index (χ1v) is 10.4. The van der Waals surface area contributed by atoms with Crippen molar-refractivity contribution in [2.24, 2.45) is 0 Å². The van der Waals surface area contributed by atoms with E-state index in [0.29, 0.717) is 36.0 Å². The quantitative estimate of drug-likeness (QED) is 0.594. The van der Waals surface area contributed by atoms with E-state index in [4.69, 9.17) is 4.42 Å². The molecule has 0 radical (unpaired) electrons. The van der Waals surface area contributed by atoms with E-state index in [-0.39, 0.29) is 5.91 Å². The summed E-state index contributed by atoms with van der Waals surface area (Å²) < 4.78 is 5.84. The van der Waals surface area contributed by atoms with Crippen molar-refractivity contribution in [2.75, 3.05) is 13.1 Å². The summed E-state index contributed by atoms with van der Waals surface area (Å²) in [5.41, 5.74) is 3.39. The third kappa shape index (κ3) is 5.13. The van der Waals surface area contributed by atoms with Crippen LogP contribution in [-0.2, 0) is 0 Å². The van der Waals surface area contributed by atoms with Gasteiger partial charge >= 0.3 is 0 Å². The molecule has 3 aromatic rings. The van der Waals surface area contributed by atoms with Gasteiger partial charge in [0.15, 0.2) is 0 Å². The van der Waals surface area contributed by atoms with Gasteiger partial charge in [0.1, 0.15) is 0 Å². The zero-order valence-corrected chi connectivity index (χ0v) is 18.3. The molecule has 0 aliphatic heterocycles. The Morgan fingerprint density at radius 1 is 0.967 bits per heavy atom. The minimum Gasteiger partial charge on any atom is -0.416 e. The molecule has 0 aliphatic carbocycles. The molecule has 1 N–H and O–H groups in total. The van der Waals surface area contributed by atoms with Crippen LogP contribution in [0.1, 0.15) is 43.6 Å². The van der Waals surface area contributed by atoms with E-state index in [0.717, 1.165) is 23.2 Å². The van der Waals surface area contributed by atoms with Crippen molar-refractivity contribution < 1.29 is 9.21 Å². The number of hydrogen-bond donors (Lipinski definition) is 1. The molecule has 158 valence electrons. The molecule has 0 saturated heterocycles. The average molecular weight is 407 g/mol. The third-order valence-corrected chi connectivity index (χ3v) is 5.18. The summed E-state index contributed by atoms with van der Waals surface area (Å²) in [5, 5.41) is 11.3. The maximum Gasteiger partial charge on any atom is 0.251 e. The van der Waals surface area contributed by atoms with E-state index in [9.17, 15) is 4.79 Å². The largest absolute Gasteiger partial charge is 0.416 e. The van der Waals surface area contributed by atoms with Crippen LogP contribution in [0.4, 0.5) is 0 Å². The molecule has 1 heterocycles. The fourth-order valence-corrected chi connectivity index (χ4v) is 3.54. The minimum atomic E-state index is -0.0832. The van der Waals surface area contributed by atoms with Crippen LogP contribution in [0.25, 0.3) is 22.9 Å². The number of nitrogens with one attached hydrogen (secondary N) is 1. The highest BCUT2D eigenvalue weighted by Crippen LogP contribution is 2.26. The fraction of sp³-hybridized carbons (Fsp3) is 0.375. The number of amides is 1. The lowest BCUT2D eigenvalue weighted by atomic mass is 10.1. The number of carbonyl (C=O) groups is 1. The Morgan fingerprint density at radius 3 is 2.23 bits per heavy atom. The van der Waals surface area contributed by atoms with Gasteiger partial charge in [-0.05, 0) is 70.5 Å². The molecule has 0 unspecified atom stereocenters. The highest BCUT2D eigenvalue weighted by molar-refractivity contribution is 5.94. The zero-order chi connectivity index (χ0) is 21.7. The first-order chi connectivity index (χ1) is 14.4. The predicted octanol–water partition coefficient (Wildman–Crippen LogP) is 4.56. The minimum absolute atomic E-state index is 0.0832. The summed E-state index contributed by atoms with van der Waals surface area (Å²) in [7, 11) is 0. The molecule has 2 aromatic carbocycles. The molecule has 1 aromatic heterocycles. The van der Waals surface area contributed by atoms with Crippen LogP contribution in [0, 0.1) is 6.92 Å². The monoisotopic (exact) mass is 406 g/mol. The van der Waals surface area contributed by atoms with Gasteiger partial charge in [-0.25, -0.2) is 0 Å². The summed E-state index contributed by atoms with van der Waals surface area (Å²) in [6.45, 7) is 12.1. The lowest BCUT2D eigenvalue weighted by molar-refractivity contribution is 0.0939. The Hall–Kier alpha value is -2.99. The maximum atomic E-state index is 12.5. The molecule has 0 saturated carbocycles. The molecule has 3 rings (SSSR count). The second-order valence-electron chi connectivity index (χ2n) is 7.99. The van der Waals surface area contributed by atoms with Gasteiger partial charge in [-0.3, -0.25) is 9.69 Å². The lowest BCUT2D eigenvalue weighted by Gasteiger charge is -2.30. The Bertz CT molecular complexity index is 969. The van der Waals surface area contributed by atoms with E-state index in [1.807, 2.05) is 43.3 Å². The number of aryl methyl sites for hydroxylation is 1. The van der Waals surface area contributed by atoms with Crippen molar-refractivity contribution in [3.63, 3.8) is 0 Å². The van der Waals surface area contributed by atoms with Gasteiger partial charge in [-0.15, -0.1) is 10.2 Å². The Labute approximate surface area is 178 Å². The standard InChI is InChI=1S/C24H30N4O2/c1-16(2)28(17(3)4)15-14-25-22(29)19-10-12-20(13-11-19)23-26-27-24(30-23)21-9-7-6-8-18(21)5/h6-13,16-17H,14-15H2,1-5H3,(H,25,29). The second kappa shape index (κ2) is 9.67. The molecule has 1 amide bonds. The van der Waals surface area contributed by atoms with Gasteiger partial charge in [0.05, 0.1) is 0 Å². The third-order valence-electron chi connectivity index (χ3n) is 5.18. The van der Waals surface area contributed by atoms with Crippen LogP contribution in [-0.4, -0.2) is 46.2 Å². The van der Waals surface area contributed by atoms with Crippen molar-refractivity contribution in [3.8, 4) is 22.9 Å². The van der Waals surface area contributed by atoms with E-state index in [1.165, 1.54) is 0 Å². The van der Waals surface area contributed by atoms with Gasteiger partial charge < -0.3 is 9.73 Å². The SMILES string of the molecule is Cc1ccccc1-c1nnc(-c2ccc(C(=O)NCCN(C(C)C)C(C)C)cc2)o1. The number of aromatic nitrogens is 2. The van der Waals surface area contributed by atoms with Crippen LogP contribution < -0.4 is 5.32 Å². The molecule has 0 bridgehead atoms. The molecule has 0 spiro atoms. The normalized spacial score (nSPS) is 11.5. The van der Waals surface area contributed by atoms with Crippen LogP contribution >= 0.6 is 0 Å². The van der Waals surface area contributed by atoms with Crippen molar-refractivity contribution in [1.82, 2.24) is 20.4 Å². The van der Waals surface area contributed by atoms with E-state index < -0.39 is 0 Å². The van der Waals surface area contributed by atoms with Crippen molar-refractivity contribution in [2.45, 2.75) is 46.7 Å². The van der Waals surface area contributed by atoms with Crippen molar-refractivity contribution in [1.29, 1.82) is 0 Å². The summed E-state index contributed by atoms with van der Waals surface area (Å²) >= 11 is 0. The average Bonchev–Trinajstić information content (AvgIpc) is 3.21. The first kappa shape index (κ1) is 21.7. The highest BCUT2D eigenvalue weighted by Gasteiger charge is 2.15. The first-order valence-electron chi connectivity index (χ1n) is 10.4. The Balaban J connectivity index is 1.63. The van der Waals surface area contributed by atoms with E-state index in [2.05, 4.69) is 48.1 Å². The molecule has 6 nitrogen and oxygen atoms in total. The zero-order valence-electron chi connectivity index (χ0n) is 18.3. The fourth-order valence-electron chi connectivity index (χ4n) is 3.54. The Kier molecular flexibility index (Phi) is 7.00. The summed E-state index contributed by atoms with van der Waals surface area (Å²) in [5.74, 6) is 0.842. The molecule has 0 atom stereocenters.